The molecule has 0 aliphatic rings. The van der Waals surface area contributed by atoms with Crippen molar-refractivity contribution in [1.82, 2.24) is 14.9 Å². The lowest BCUT2D eigenvalue weighted by Gasteiger charge is -2.40. The second-order valence-corrected chi connectivity index (χ2v) is 11.2. The van der Waals surface area contributed by atoms with Gasteiger partial charge in [-0.3, -0.25) is 19.1 Å². The molecule has 5 rings (SSSR count). The summed E-state index contributed by atoms with van der Waals surface area (Å²) in [7, 11) is -9.88. The van der Waals surface area contributed by atoms with Crippen LogP contribution in [0.3, 0.4) is 0 Å². The Morgan fingerprint density at radius 2 is 1.50 bits per heavy atom. The van der Waals surface area contributed by atoms with Crippen molar-refractivity contribution >= 4 is 37.8 Å². The number of nitrogens with one attached hydrogen (secondary N) is 1. The zero-order valence-corrected chi connectivity index (χ0v) is 20.6. The number of pyridine rings is 2. The minimum Gasteiger partial charge on any atom is -0.344 e. The Morgan fingerprint density at radius 3 is 2.13 bits per heavy atom. The van der Waals surface area contributed by atoms with Gasteiger partial charge in [0.05, 0.1) is 17.3 Å². The molecule has 0 bridgehead atoms. The normalized spacial score (nSPS) is 14.6. The molecule has 0 radical (unpaired) electrons. The van der Waals surface area contributed by atoms with Crippen molar-refractivity contribution in [2.45, 2.75) is 17.9 Å². The third kappa shape index (κ3) is 4.72. The largest absolute Gasteiger partial charge is 0.344 e. The van der Waals surface area contributed by atoms with E-state index in [4.69, 9.17) is 0 Å². The lowest BCUT2D eigenvalue weighted by Crippen LogP contribution is -2.27. The summed E-state index contributed by atoms with van der Waals surface area (Å²) < 4.78 is 67.3. The first kappa shape index (κ1) is 25.4. The molecule has 0 fully saturated rings. The summed E-state index contributed by atoms with van der Waals surface area (Å²) in [6, 6.07) is 18.3. The minimum absolute atomic E-state index is 0.0303. The van der Waals surface area contributed by atoms with Crippen LogP contribution in [0.4, 0.5) is 19.4 Å². The topological polar surface area (TPSA) is 64.0 Å². The Kier molecular flexibility index (Phi) is 5.43. The average Bonchev–Trinajstić information content (AvgIpc) is 2.88. The second-order valence-electron chi connectivity index (χ2n) is 8.83. The van der Waals surface area contributed by atoms with Gasteiger partial charge < -0.3 is 5.32 Å². The Labute approximate surface area is 213 Å². The zero-order valence-electron chi connectivity index (χ0n) is 19.7. The number of amides is 1. The molecule has 3 aromatic carbocycles. The summed E-state index contributed by atoms with van der Waals surface area (Å²) in [4.78, 5) is 28.6. The minimum atomic E-state index is -9.88. The maximum Gasteiger partial charge on any atom is 0.310 e. The zero-order chi connectivity index (χ0) is 27.4. The van der Waals surface area contributed by atoms with Crippen molar-refractivity contribution in [3.05, 3.63) is 113 Å². The van der Waals surface area contributed by atoms with Crippen LogP contribution in [0, 0.1) is 0 Å². The first-order valence-corrected chi connectivity index (χ1v) is 13.3. The SMILES string of the molecule is C[C@H](NC(=O)c1ccc2c(c1)c1ccccc1c(=O)n2-c1ccc(S(F)(F)(F)(F)F)cc1)c1ccccn1. The highest BCUT2D eigenvalue weighted by atomic mass is 32.5. The third-order valence-corrected chi connectivity index (χ3v) is 7.33. The Morgan fingerprint density at radius 1 is 0.842 bits per heavy atom. The number of aromatic nitrogens is 2. The fourth-order valence-corrected chi connectivity index (χ4v) is 4.97. The van der Waals surface area contributed by atoms with Crippen LogP contribution in [0.5, 0.6) is 0 Å². The van der Waals surface area contributed by atoms with Gasteiger partial charge in [-0.1, -0.05) is 43.7 Å². The van der Waals surface area contributed by atoms with E-state index in [1.54, 1.807) is 61.7 Å². The van der Waals surface area contributed by atoms with Crippen molar-refractivity contribution in [3.8, 4) is 5.69 Å². The van der Waals surface area contributed by atoms with Crippen molar-refractivity contribution in [3.63, 3.8) is 0 Å². The van der Waals surface area contributed by atoms with E-state index in [-0.39, 0.29) is 28.8 Å². The summed E-state index contributed by atoms with van der Waals surface area (Å²) in [5.74, 6) is -0.396. The van der Waals surface area contributed by atoms with Gasteiger partial charge in [0.2, 0.25) is 0 Å². The number of carbonyl (C=O) groups excluding carboxylic acids is 1. The van der Waals surface area contributed by atoms with Crippen LogP contribution in [0.1, 0.15) is 29.0 Å². The van der Waals surface area contributed by atoms with Crippen molar-refractivity contribution in [1.29, 1.82) is 0 Å². The van der Waals surface area contributed by atoms with Crippen molar-refractivity contribution in [2.24, 2.45) is 0 Å². The van der Waals surface area contributed by atoms with Crippen LogP contribution in [0.2, 0.25) is 0 Å². The van der Waals surface area contributed by atoms with E-state index in [2.05, 4.69) is 10.3 Å². The van der Waals surface area contributed by atoms with E-state index >= 15 is 0 Å². The van der Waals surface area contributed by atoms with Gasteiger partial charge >= 0.3 is 10.2 Å². The predicted octanol–water partition coefficient (Wildman–Crippen LogP) is 7.69. The van der Waals surface area contributed by atoms with Crippen LogP contribution < -0.4 is 10.9 Å². The molecule has 0 aliphatic heterocycles. The van der Waals surface area contributed by atoms with Crippen LogP contribution in [-0.4, -0.2) is 15.5 Å². The smallest absolute Gasteiger partial charge is 0.310 e. The number of fused-ring (bicyclic) bond motifs is 3. The van der Waals surface area contributed by atoms with E-state index in [1.807, 2.05) is 0 Å². The number of rotatable bonds is 5. The van der Waals surface area contributed by atoms with E-state index in [1.165, 1.54) is 12.1 Å². The summed E-state index contributed by atoms with van der Waals surface area (Å²) in [5, 5.41) is 4.12. The highest BCUT2D eigenvalue weighted by Crippen LogP contribution is 3.02. The molecule has 0 saturated carbocycles. The van der Waals surface area contributed by atoms with E-state index < -0.39 is 32.6 Å². The summed E-state index contributed by atoms with van der Waals surface area (Å²) in [5.41, 5.74) is 0.664. The van der Waals surface area contributed by atoms with Crippen molar-refractivity contribution < 1.29 is 24.2 Å². The molecule has 0 aliphatic carbocycles. The summed E-state index contributed by atoms with van der Waals surface area (Å²) in [6.07, 6.45) is 1.61. The summed E-state index contributed by atoms with van der Waals surface area (Å²) >= 11 is 0. The standard InChI is InChI=1S/C27H20F5N3O2S/c1-17(24-8-4-5-15-33-24)34-26(36)18-9-14-25-23(16-18)21-6-2-3-7-22(21)27(37)35(25)19-10-12-20(13-11-19)38(28,29,30,31)32/h2-17H,1H3,(H,34,36)/t17-/m0/s1. The molecule has 5 nitrogen and oxygen atoms in total. The molecule has 196 valence electrons. The predicted molar refractivity (Wildman–Crippen MR) is 139 cm³/mol. The van der Waals surface area contributed by atoms with E-state index in [0.29, 0.717) is 22.0 Å². The number of hydrogen-bond donors (Lipinski definition) is 1. The molecule has 11 heteroatoms. The molecule has 1 N–H and O–H groups in total. The second kappa shape index (κ2) is 8.12. The first-order chi connectivity index (χ1) is 17.7. The molecule has 5 aromatic rings. The van der Waals surface area contributed by atoms with Crippen LogP contribution in [0.25, 0.3) is 27.4 Å². The maximum atomic E-state index is 13.4. The molecular weight excluding hydrogens is 525 g/mol. The van der Waals surface area contributed by atoms with Crippen LogP contribution in [-0.2, 0) is 0 Å². The van der Waals surface area contributed by atoms with Gasteiger partial charge in [-0.15, -0.1) is 0 Å². The monoisotopic (exact) mass is 545 g/mol. The molecule has 1 amide bonds. The van der Waals surface area contributed by atoms with Gasteiger partial charge in [0, 0.05) is 28.2 Å². The lowest BCUT2D eigenvalue weighted by atomic mass is 10.0. The molecule has 38 heavy (non-hydrogen) atoms. The number of nitrogens with zero attached hydrogens (tertiary/aromatic N) is 2. The molecule has 1 atom stereocenters. The Bertz CT molecular complexity index is 1770. The Balaban J connectivity index is 1.64. The molecular formula is C27H20F5N3O2S. The summed E-state index contributed by atoms with van der Waals surface area (Å²) in [6.45, 7) is 1.78. The van der Waals surface area contributed by atoms with E-state index in [0.717, 1.165) is 16.7 Å². The molecule has 0 unspecified atom stereocenters. The number of carbonyl (C=O) groups is 1. The Hall–Kier alpha value is -4.25. The quantitative estimate of drug-likeness (QED) is 0.182. The van der Waals surface area contributed by atoms with Gasteiger partial charge in [0.25, 0.3) is 11.5 Å². The lowest BCUT2D eigenvalue weighted by molar-refractivity contribution is 0.0939. The molecule has 2 aromatic heterocycles. The molecule has 2 heterocycles. The van der Waals surface area contributed by atoms with Gasteiger partial charge in [-0.2, -0.15) is 0 Å². The fourth-order valence-electron chi connectivity index (χ4n) is 4.32. The van der Waals surface area contributed by atoms with Gasteiger partial charge in [-0.05, 0) is 73.0 Å². The average molecular weight is 546 g/mol. The highest BCUT2D eigenvalue weighted by Gasteiger charge is 2.65. The number of benzene rings is 3. The highest BCUT2D eigenvalue weighted by molar-refractivity contribution is 8.45. The van der Waals surface area contributed by atoms with E-state index in [9.17, 15) is 29.0 Å². The molecule has 0 saturated heterocycles. The third-order valence-electron chi connectivity index (χ3n) is 6.17. The van der Waals surface area contributed by atoms with Crippen LogP contribution >= 0.6 is 10.2 Å². The maximum absolute atomic E-state index is 13.4. The fraction of sp³-hybridized carbons (Fsp3) is 0.0741. The van der Waals surface area contributed by atoms with Gasteiger partial charge in [0.15, 0.2) is 0 Å². The number of halogens is 5. The van der Waals surface area contributed by atoms with Crippen molar-refractivity contribution in [2.75, 3.05) is 0 Å². The first-order valence-electron chi connectivity index (χ1n) is 11.4. The van der Waals surface area contributed by atoms with Crippen LogP contribution in [0.15, 0.2) is 101 Å². The van der Waals surface area contributed by atoms with Gasteiger partial charge in [0.1, 0.15) is 4.90 Å². The number of hydrogen-bond acceptors (Lipinski definition) is 3. The van der Waals surface area contributed by atoms with Gasteiger partial charge in [-0.25, -0.2) is 0 Å². The molecule has 0 spiro atoms.